The van der Waals surface area contributed by atoms with E-state index in [2.05, 4.69) is 12.0 Å². The van der Waals surface area contributed by atoms with Gasteiger partial charge in [0.15, 0.2) is 0 Å². The molecule has 1 spiro atoms. The summed E-state index contributed by atoms with van der Waals surface area (Å²) in [6.07, 6.45) is 5.34. The molecule has 0 N–H and O–H groups in total. The molecule has 1 aliphatic carbocycles. The van der Waals surface area contributed by atoms with Gasteiger partial charge < -0.3 is 0 Å². The van der Waals surface area contributed by atoms with E-state index in [1.165, 1.54) is 5.01 Å². The molecule has 1 amide bonds. The van der Waals surface area contributed by atoms with Gasteiger partial charge >= 0.3 is 0 Å². The molecule has 0 aromatic heterocycles. The molecule has 4 heteroatoms. The predicted octanol–water partition coefficient (Wildman–Crippen LogP) is 3.98. The summed E-state index contributed by atoms with van der Waals surface area (Å²) in [5, 5.41) is 6.18. The third kappa shape index (κ3) is 2.16. The first-order chi connectivity index (χ1) is 11.6. The van der Waals surface area contributed by atoms with E-state index >= 15 is 0 Å². The van der Waals surface area contributed by atoms with Crippen LogP contribution in [0.5, 0.6) is 0 Å². The van der Waals surface area contributed by atoms with Crippen LogP contribution in [0.25, 0.3) is 0 Å². The minimum Gasteiger partial charge on any atom is -0.298 e. The van der Waals surface area contributed by atoms with Crippen molar-refractivity contribution in [3.8, 4) is 0 Å². The molecule has 3 rings (SSSR count). The highest BCUT2D eigenvalue weighted by Gasteiger charge is 2.59. The Bertz CT molecular complexity index is 708. The van der Waals surface area contributed by atoms with Crippen LogP contribution in [-0.4, -0.2) is 17.9 Å². The summed E-state index contributed by atoms with van der Waals surface area (Å²) >= 11 is 0. The van der Waals surface area contributed by atoms with Gasteiger partial charge in [-0.05, 0) is 43.4 Å². The summed E-state index contributed by atoms with van der Waals surface area (Å²) < 4.78 is 0. The molecule has 0 radical (unpaired) electrons. The first-order valence-corrected chi connectivity index (χ1v) is 8.71. The van der Waals surface area contributed by atoms with Crippen molar-refractivity contribution in [2.24, 2.45) is 22.4 Å². The maximum Gasteiger partial charge on any atom is 0.260 e. The van der Waals surface area contributed by atoms with Crippen LogP contribution in [0.3, 0.4) is 0 Å². The Balaban J connectivity index is 2.13. The summed E-state index contributed by atoms with van der Waals surface area (Å²) in [5.74, 6) is 0.0899. The van der Waals surface area contributed by atoms with Crippen LogP contribution in [0.2, 0.25) is 0 Å². The van der Waals surface area contributed by atoms with Crippen LogP contribution < -0.4 is 5.01 Å². The van der Waals surface area contributed by atoms with Crippen molar-refractivity contribution < 1.29 is 9.59 Å². The van der Waals surface area contributed by atoms with E-state index in [9.17, 15) is 9.59 Å². The maximum atomic E-state index is 13.6. The highest BCUT2D eigenvalue weighted by molar-refractivity contribution is 6.19. The van der Waals surface area contributed by atoms with Crippen molar-refractivity contribution in [1.82, 2.24) is 0 Å². The third-order valence-electron chi connectivity index (χ3n) is 5.67. The zero-order valence-corrected chi connectivity index (χ0v) is 14.5. The van der Waals surface area contributed by atoms with Gasteiger partial charge in [-0.2, -0.15) is 10.1 Å². The second-order valence-electron chi connectivity index (χ2n) is 6.63. The fraction of sp³-hybridized carbons (Fsp3) is 0.450. The molecule has 0 unspecified atom stereocenters. The summed E-state index contributed by atoms with van der Waals surface area (Å²) in [4.78, 5) is 25.2. The Kier molecular flexibility index (Phi) is 4.39. The van der Waals surface area contributed by atoms with Gasteiger partial charge in [0, 0.05) is 5.92 Å². The first-order valence-electron chi connectivity index (χ1n) is 8.71. The van der Waals surface area contributed by atoms with Crippen LogP contribution in [-0.2, 0) is 9.59 Å². The number of nitrogens with zero attached hydrogens (tertiary/aromatic N) is 2. The van der Waals surface area contributed by atoms with E-state index in [1.807, 2.05) is 50.3 Å². The standard InChI is InChI=1S/C20H24N2O2/c1-4-16-12-11-15(13-23)18(5-2)20(16)14(3)21-22(19(20)24)17-9-7-6-8-10-17/h6-11,13,16,18H,4-5,12H2,1-3H3/t16-,18-,20-/m1/s1. The van der Waals surface area contributed by atoms with Gasteiger partial charge in [0.25, 0.3) is 5.91 Å². The lowest BCUT2D eigenvalue weighted by Crippen LogP contribution is -2.52. The fourth-order valence-electron chi connectivity index (χ4n) is 4.55. The van der Waals surface area contributed by atoms with E-state index in [4.69, 9.17) is 0 Å². The van der Waals surface area contributed by atoms with E-state index in [-0.39, 0.29) is 17.7 Å². The average Bonchev–Trinajstić information content (AvgIpc) is 2.88. The average molecular weight is 324 g/mol. The largest absolute Gasteiger partial charge is 0.298 e. The molecule has 0 saturated carbocycles. The molecule has 2 aliphatic rings. The number of aldehydes is 1. The molecule has 3 atom stereocenters. The molecule has 1 aromatic rings. The van der Waals surface area contributed by atoms with Crippen molar-refractivity contribution in [3.63, 3.8) is 0 Å². The van der Waals surface area contributed by atoms with Gasteiger partial charge in [-0.25, -0.2) is 0 Å². The van der Waals surface area contributed by atoms with E-state index in [1.54, 1.807) is 0 Å². The highest BCUT2D eigenvalue weighted by atomic mass is 16.2. The summed E-state index contributed by atoms with van der Waals surface area (Å²) in [5.41, 5.74) is 1.68. The number of carbonyl (C=O) groups excluding carboxylic acids is 2. The van der Waals surface area contributed by atoms with Crippen LogP contribution in [0, 0.1) is 17.3 Å². The predicted molar refractivity (Wildman–Crippen MR) is 95.8 cm³/mol. The maximum absolute atomic E-state index is 13.6. The van der Waals surface area contributed by atoms with Gasteiger partial charge in [-0.1, -0.05) is 44.5 Å². The summed E-state index contributed by atoms with van der Waals surface area (Å²) in [7, 11) is 0. The number of para-hydroxylation sites is 1. The van der Waals surface area contributed by atoms with Gasteiger partial charge in [0.1, 0.15) is 11.7 Å². The number of hydrogen-bond donors (Lipinski definition) is 0. The highest BCUT2D eigenvalue weighted by Crippen LogP contribution is 2.53. The second kappa shape index (κ2) is 6.34. The van der Waals surface area contributed by atoms with Gasteiger partial charge in [-0.3, -0.25) is 9.59 Å². The van der Waals surface area contributed by atoms with Gasteiger partial charge in [0.05, 0.1) is 11.4 Å². The quantitative estimate of drug-likeness (QED) is 0.787. The molecule has 4 nitrogen and oxygen atoms in total. The molecular weight excluding hydrogens is 300 g/mol. The summed E-state index contributed by atoms with van der Waals surface area (Å²) in [6, 6.07) is 9.53. The van der Waals surface area contributed by atoms with E-state index in [0.717, 1.165) is 42.5 Å². The van der Waals surface area contributed by atoms with Crippen LogP contribution >= 0.6 is 0 Å². The van der Waals surface area contributed by atoms with E-state index < -0.39 is 5.41 Å². The second-order valence-corrected chi connectivity index (χ2v) is 6.63. The molecule has 0 bridgehead atoms. The SMILES string of the molecule is CC[C@@H]1CC=C(C=O)[C@@H](CC)[C@]12C(=O)N(c1ccccc1)N=C2C. The first kappa shape index (κ1) is 16.6. The number of anilines is 1. The van der Waals surface area contributed by atoms with Crippen molar-refractivity contribution in [3.05, 3.63) is 42.0 Å². The monoisotopic (exact) mass is 324 g/mol. The number of hydrazone groups is 1. The normalized spacial score (nSPS) is 29.6. The number of carbonyl (C=O) groups is 2. The lowest BCUT2D eigenvalue weighted by Gasteiger charge is -2.44. The topological polar surface area (TPSA) is 49.7 Å². The Labute approximate surface area is 143 Å². The zero-order chi connectivity index (χ0) is 17.3. The van der Waals surface area contributed by atoms with Crippen molar-refractivity contribution in [2.75, 3.05) is 5.01 Å². The molecule has 126 valence electrons. The zero-order valence-electron chi connectivity index (χ0n) is 14.5. The molecule has 1 aliphatic heterocycles. The molecular formula is C20H24N2O2. The smallest absolute Gasteiger partial charge is 0.260 e. The van der Waals surface area contributed by atoms with Crippen molar-refractivity contribution >= 4 is 23.6 Å². The number of benzene rings is 1. The Morgan fingerprint density at radius 3 is 2.54 bits per heavy atom. The minimum absolute atomic E-state index is 0.0114. The molecule has 0 saturated heterocycles. The number of allylic oxidation sites excluding steroid dienone is 2. The van der Waals surface area contributed by atoms with Crippen LogP contribution in [0.4, 0.5) is 5.69 Å². The molecule has 1 aromatic carbocycles. The van der Waals surface area contributed by atoms with Gasteiger partial charge in [0.2, 0.25) is 0 Å². The van der Waals surface area contributed by atoms with Crippen molar-refractivity contribution in [2.45, 2.75) is 40.0 Å². The van der Waals surface area contributed by atoms with Crippen molar-refractivity contribution in [1.29, 1.82) is 0 Å². The number of hydrogen-bond acceptors (Lipinski definition) is 3. The third-order valence-corrected chi connectivity index (χ3v) is 5.67. The fourth-order valence-corrected chi connectivity index (χ4v) is 4.55. The van der Waals surface area contributed by atoms with Crippen LogP contribution in [0.1, 0.15) is 40.0 Å². The number of amides is 1. The lowest BCUT2D eigenvalue weighted by atomic mass is 9.56. The summed E-state index contributed by atoms with van der Waals surface area (Å²) in [6.45, 7) is 6.11. The Hall–Kier alpha value is -2.23. The van der Waals surface area contributed by atoms with E-state index in [0.29, 0.717) is 0 Å². The molecule has 24 heavy (non-hydrogen) atoms. The molecule has 1 heterocycles. The Morgan fingerprint density at radius 2 is 1.96 bits per heavy atom. The number of rotatable bonds is 4. The Morgan fingerprint density at radius 1 is 1.25 bits per heavy atom. The van der Waals surface area contributed by atoms with Crippen LogP contribution in [0.15, 0.2) is 47.1 Å². The lowest BCUT2D eigenvalue weighted by molar-refractivity contribution is -0.128. The minimum atomic E-state index is -0.690. The van der Waals surface area contributed by atoms with Gasteiger partial charge in [-0.15, -0.1) is 0 Å². The molecule has 0 fully saturated rings.